The number of hydrogen-bond acceptors (Lipinski definition) is 1. The highest BCUT2D eigenvalue weighted by atomic mass is 19.5. The van der Waals surface area contributed by atoms with Crippen LogP contribution in [0.15, 0.2) is 36.5 Å². The van der Waals surface area contributed by atoms with Crippen LogP contribution in [0.1, 0.15) is 13.8 Å². The lowest BCUT2D eigenvalue weighted by Crippen LogP contribution is -2.02. The van der Waals surface area contributed by atoms with Crippen LogP contribution < -0.4 is 5.96 Å². The first-order valence-electron chi connectivity index (χ1n) is 7.22. The number of nitrogens with zero attached hydrogens (tertiary/aromatic N) is 1. The van der Waals surface area contributed by atoms with E-state index in [1.807, 2.05) is 13.8 Å². The third-order valence-corrected chi connectivity index (χ3v) is 1.79. The molecule has 2 N–H and O–H groups in total. The fourth-order valence-corrected chi connectivity index (χ4v) is 1.22. The second-order valence-electron chi connectivity index (χ2n) is 3.97. The third kappa shape index (κ3) is 46.2. The van der Waals surface area contributed by atoms with Gasteiger partial charge >= 0.3 is 21.8 Å². The molecule has 18 heteroatoms. The van der Waals surface area contributed by atoms with Crippen molar-refractivity contribution in [2.75, 3.05) is 0 Å². The first-order valence-corrected chi connectivity index (χ1v) is 7.22. The molecule has 0 unspecified atom stereocenters. The first-order chi connectivity index (χ1) is 12.9. The number of halogens is 13. The highest BCUT2D eigenvalue weighted by molar-refractivity contribution is 6.50. The van der Waals surface area contributed by atoms with Crippen molar-refractivity contribution in [2.45, 2.75) is 13.8 Å². The van der Waals surface area contributed by atoms with Crippen LogP contribution in [0.2, 0.25) is 0 Å². The van der Waals surface area contributed by atoms with E-state index in [0.29, 0.717) is 0 Å². The lowest BCUT2D eigenvalue weighted by atomic mass is 10.2. The van der Waals surface area contributed by atoms with Crippen LogP contribution in [0.3, 0.4) is 0 Å². The number of rotatable bonds is 0. The van der Waals surface area contributed by atoms with E-state index in [9.17, 15) is 51.8 Å². The molecule has 29 heavy (non-hydrogen) atoms. The highest BCUT2D eigenvalue weighted by Gasteiger charge is 2.21. The fourth-order valence-electron chi connectivity index (χ4n) is 1.22. The molecule has 0 saturated heterocycles. The molecule has 0 aliphatic heterocycles. The lowest BCUT2D eigenvalue weighted by Gasteiger charge is -1.94. The summed E-state index contributed by atoms with van der Waals surface area (Å²) in [6, 6.07) is 10.5. The summed E-state index contributed by atoms with van der Waals surface area (Å²) >= 11 is 0. The van der Waals surface area contributed by atoms with Crippen molar-refractivity contribution < 1.29 is 56.3 Å². The van der Waals surface area contributed by atoms with E-state index in [2.05, 4.69) is 54.1 Å². The predicted molar refractivity (Wildman–Crippen MR) is 90.1 cm³/mol. The van der Waals surface area contributed by atoms with E-state index >= 15 is 0 Å². The maximum atomic E-state index is 9.75. The summed E-state index contributed by atoms with van der Waals surface area (Å²) in [5, 5.41) is 1.31. The number of hydrogen-bond donors (Lipinski definition) is 1. The van der Waals surface area contributed by atoms with Crippen molar-refractivity contribution in [3.63, 3.8) is 0 Å². The molecule has 0 saturated carbocycles. The van der Waals surface area contributed by atoms with Crippen LogP contribution in [-0.4, -0.2) is 26.3 Å². The summed E-state index contributed by atoms with van der Waals surface area (Å²) in [7, 11) is -15.9. The zero-order chi connectivity index (χ0) is 24.5. The van der Waals surface area contributed by atoms with Crippen LogP contribution in [-0.2, 0) is 7.05 Å². The molecular weight excluding hydrogens is 440 g/mol. The van der Waals surface area contributed by atoms with E-state index in [1.165, 1.54) is 10.9 Å². The van der Waals surface area contributed by atoms with Gasteiger partial charge in [0.1, 0.15) is 0 Å². The minimum atomic E-state index is -6.00. The summed E-state index contributed by atoms with van der Waals surface area (Å²) in [4.78, 5) is 0. The normalized spacial score (nSPS) is 10.2. The second-order valence-corrected chi connectivity index (χ2v) is 3.97. The Morgan fingerprint density at radius 1 is 0.621 bits per heavy atom. The fraction of sp³-hybridized carbons (Fsp3) is 0.273. The Labute approximate surface area is 158 Å². The van der Waals surface area contributed by atoms with Crippen LogP contribution in [0.25, 0.3) is 10.9 Å². The van der Waals surface area contributed by atoms with Crippen LogP contribution >= 0.6 is 0 Å². The Kier molecular flexibility index (Phi) is 20.1. The Balaban J connectivity index is -0.000000144. The Bertz CT molecular complexity index is 564. The summed E-state index contributed by atoms with van der Waals surface area (Å²) in [5.41, 5.74) is 1.29. The number of fused-ring (bicyclic) bond motifs is 1. The molecule has 0 aliphatic rings. The molecule has 0 bridgehead atoms. The van der Waals surface area contributed by atoms with Gasteiger partial charge in [-0.2, -0.15) is 5.96 Å². The molecule has 1 aromatic heterocycles. The van der Waals surface area contributed by atoms with Gasteiger partial charge in [-0.1, -0.05) is 32.0 Å². The molecule has 0 aliphatic carbocycles. The third-order valence-electron chi connectivity index (χ3n) is 1.79. The summed E-state index contributed by atoms with van der Waals surface area (Å²) in [6.07, 6.45) is 2.07. The average Bonchev–Trinajstić information content (AvgIpc) is 2.88. The molecule has 0 fully saturated rings. The zero-order valence-electron chi connectivity index (χ0n) is 15.1. The van der Waals surface area contributed by atoms with E-state index in [0.717, 1.165) is 0 Å². The molecule has 0 amide bonds. The number of nitrogens with two attached hydrogens (primary N) is 1. The van der Waals surface area contributed by atoms with Gasteiger partial charge in [0.25, 0.3) is 0 Å². The van der Waals surface area contributed by atoms with Crippen molar-refractivity contribution in [1.29, 1.82) is 0 Å². The van der Waals surface area contributed by atoms with E-state index in [-0.39, 0.29) is 0 Å². The first kappa shape index (κ1) is 34.5. The largest absolute Gasteiger partial charge is 0.673 e. The molecule has 1 heterocycles. The number of aryl methyl sites for hydroxylation is 1. The number of benzene rings is 1. The average molecular weight is 457 g/mol. The van der Waals surface area contributed by atoms with Gasteiger partial charge in [0.15, 0.2) is 0 Å². The van der Waals surface area contributed by atoms with Gasteiger partial charge in [-0.25, -0.2) is 0 Å². The molecule has 2 rings (SSSR count). The van der Waals surface area contributed by atoms with Crippen molar-refractivity contribution in [2.24, 2.45) is 13.0 Å². The molecular formula is C11H17B3F13N2-3. The smallest absolute Gasteiger partial charge is 0.418 e. The minimum absolute atomic E-state index is 1.29. The second kappa shape index (κ2) is 16.9. The maximum Gasteiger partial charge on any atom is 0.673 e. The van der Waals surface area contributed by atoms with Crippen molar-refractivity contribution >= 4 is 32.7 Å². The number of para-hydroxylation sites is 1. The Hall–Kier alpha value is -2.00. The van der Waals surface area contributed by atoms with Gasteiger partial charge in [0.05, 0.1) is 0 Å². The van der Waals surface area contributed by atoms with E-state index in [1.54, 1.807) is 0 Å². The Morgan fingerprint density at radius 2 is 0.897 bits per heavy atom. The van der Waals surface area contributed by atoms with Gasteiger partial charge in [0, 0.05) is 18.8 Å². The molecule has 0 radical (unpaired) electrons. The molecule has 0 spiro atoms. The zero-order valence-corrected chi connectivity index (χ0v) is 15.1. The van der Waals surface area contributed by atoms with Crippen LogP contribution in [0.5, 0.6) is 0 Å². The molecule has 2 nitrogen and oxygen atoms in total. The molecule has 0 atom stereocenters. The van der Waals surface area contributed by atoms with Crippen molar-refractivity contribution in [3.05, 3.63) is 36.5 Å². The quantitative estimate of drug-likeness (QED) is 0.260. The Morgan fingerprint density at radius 3 is 1.17 bits per heavy atom. The summed E-state index contributed by atoms with van der Waals surface area (Å²) in [6.45, 7) is 4.00. The topological polar surface area (TPSA) is 30.9 Å². The monoisotopic (exact) mass is 457 g/mol. The maximum absolute atomic E-state index is 9.75. The highest BCUT2D eigenvalue weighted by Crippen LogP contribution is 2.12. The standard InChI is InChI=1S/C9H9N.C2H6.3BF4.FH2N/c1-10-7-6-8-4-2-3-5-9(8)10;1-2;3*2-1(3,4)5;1-2/h2-7H,1H3;1-2H3;;;;2H2/q;;3*-1;. The van der Waals surface area contributed by atoms with Crippen LogP contribution in [0.4, 0.5) is 56.3 Å². The molecule has 2 aromatic rings. The minimum Gasteiger partial charge on any atom is -0.418 e. The van der Waals surface area contributed by atoms with Gasteiger partial charge in [0.2, 0.25) is 0 Å². The lowest BCUT2D eigenvalue weighted by molar-refractivity contribution is 0.366. The van der Waals surface area contributed by atoms with E-state index < -0.39 is 21.8 Å². The summed E-state index contributed by atoms with van der Waals surface area (Å²) < 4.78 is 128. The molecule has 1 aromatic carbocycles. The van der Waals surface area contributed by atoms with E-state index in [4.69, 9.17) is 4.48 Å². The number of aromatic nitrogens is 1. The summed E-state index contributed by atoms with van der Waals surface area (Å²) in [5.74, 6) is 3.00. The van der Waals surface area contributed by atoms with Gasteiger partial charge in [-0.3, -0.25) is 0 Å². The van der Waals surface area contributed by atoms with Crippen LogP contribution in [0, 0.1) is 0 Å². The van der Waals surface area contributed by atoms with Gasteiger partial charge in [-0.05, 0) is 17.5 Å². The van der Waals surface area contributed by atoms with Gasteiger partial charge < -0.3 is 56.4 Å². The predicted octanol–water partition coefficient (Wildman–Crippen LogP) is 6.93. The molecule has 174 valence electrons. The van der Waals surface area contributed by atoms with Crippen molar-refractivity contribution in [1.82, 2.24) is 4.57 Å². The SMILES string of the molecule is CC.Cn1ccc2ccccc21.F[B-](F)(F)F.F[B-](F)(F)F.F[B-](F)(F)F.NF. The van der Waals surface area contributed by atoms with Gasteiger partial charge in [-0.15, -0.1) is 4.48 Å². The van der Waals surface area contributed by atoms with Crippen molar-refractivity contribution in [3.8, 4) is 0 Å².